The molecular weight excluding hydrogens is 266 g/mol. The number of ether oxygens (including phenoxy) is 2. The van der Waals surface area contributed by atoms with Crippen molar-refractivity contribution < 1.29 is 18.3 Å². The minimum Gasteiger partial charge on any atom is -0.395 e. The highest BCUT2D eigenvalue weighted by Gasteiger charge is 2.43. The van der Waals surface area contributed by atoms with Crippen LogP contribution in [0.4, 0.5) is 14.5 Å². The number of hydrogen-bond donors (Lipinski definition) is 1. The molecule has 108 valence electrons. The van der Waals surface area contributed by atoms with Gasteiger partial charge in [0.25, 0.3) is 0 Å². The predicted molar refractivity (Wildman–Crippen MR) is 69.3 cm³/mol. The van der Waals surface area contributed by atoms with Crippen LogP contribution in [0.15, 0.2) is 18.2 Å². The maximum Gasteiger partial charge on any atom is 0.586 e. The number of benzene rings is 1. The van der Waals surface area contributed by atoms with Crippen molar-refractivity contribution in [3.8, 4) is 11.5 Å². The normalized spacial score (nSPS) is 30.5. The highest BCUT2D eigenvalue weighted by molar-refractivity contribution is 5.56. The summed E-state index contributed by atoms with van der Waals surface area (Å²) in [5.74, 6) is 0.190. The van der Waals surface area contributed by atoms with E-state index in [-0.39, 0.29) is 11.5 Å². The molecule has 1 N–H and O–H groups in total. The Labute approximate surface area is 115 Å². The molecule has 4 nitrogen and oxygen atoms in total. The quantitative estimate of drug-likeness (QED) is 0.904. The smallest absolute Gasteiger partial charge is 0.395 e. The number of alkyl halides is 2. The van der Waals surface area contributed by atoms with Crippen molar-refractivity contribution in [2.75, 3.05) is 18.4 Å². The average molecular weight is 282 g/mol. The second-order valence-electron chi connectivity index (χ2n) is 5.61. The Bertz CT molecular complexity index is 538. The lowest BCUT2D eigenvalue weighted by atomic mass is 10.1. The molecule has 20 heavy (non-hydrogen) atoms. The Kier molecular flexibility index (Phi) is 2.57. The lowest BCUT2D eigenvalue weighted by Gasteiger charge is -2.22. The van der Waals surface area contributed by atoms with Crippen LogP contribution in [0.25, 0.3) is 0 Å². The average Bonchev–Trinajstić information content (AvgIpc) is 3.03. The van der Waals surface area contributed by atoms with Gasteiger partial charge in [-0.05, 0) is 37.9 Å². The fourth-order valence-electron chi connectivity index (χ4n) is 3.50. The molecule has 4 rings (SSSR count). The van der Waals surface area contributed by atoms with Crippen LogP contribution in [-0.4, -0.2) is 36.4 Å². The van der Waals surface area contributed by atoms with Gasteiger partial charge in [-0.1, -0.05) is 0 Å². The van der Waals surface area contributed by atoms with Gasteiger partial charge >= 0.3 is 6.29 Å². The third kappa shape index (κ3) is 1.98. The minimum absolute atomic E-state index is 0.0921. The number of anilines is 1. The first-order valence-electron chi connectivity index (χ1n) is 7.01. The van der Waals surface area contributed by atoms with Crippen molar-refractivity contribution in [3.63, 3.8) is 0 Å². The van der Waals surface area contributed by atoms with Crippen LogP contribution in [0.1, 0.15) is 19.3 Å². The Morgan fingerprint density at radius 1 is 1.15 bits per heavy atom. The van der Waals surface area contributed by atoms with Gasteiger partial charge < -0.3 is 14.8 Å². The van der Waals surface area contributed by atoms with Gasteiger partial charge in [0.15, 0.2) is 11.5 Å². The Balaban J connectivity index is 1.51. The summed E-state index contributed by atoms with van der Waals surface area (Å²) in [5.41, 5.74) is 0.809. The fourth-order valence-corrected chi connectivity index (χ4v) is 3.50. The molecule has 0 spiro atoms. The predicted octanol–water partition coefficient (Wildman–Crippen LogP) is 2.66. The topological polar surface area (TPSA) is 33.7 Å². The maximum atomic E-state index is 13.0. The molecule has 0 aromatic heterocycles. The zero-order valence-electron chi connectivity index (χ0n) is 10.9. The van der Waals surface area contributed by atoms with Crippen LogP contribution in [0, 0.1) is 0 Å². The Hall–Kier alpha value is -1.56. The molecule has 0 radical (unpaired) electrons. The van der Waals surface area contributed by atoms with Crippen LogP contribution >= 0.6 is 0 Å². The van der Waals surface area contributed by atoms with Crippen LogP contribution in [0.3, 0.4) is 0 Å². The van der Waals surface area contributed by atoms with Gasteiger partial charge in [-0.15, -0.1) is 8.78 Å². The molecule has 3 aliphatic heterocycles. The molecular formula is C14H16F2N2O2. The van der Waals surface area contributed by atoms with Gasteiger partial charge in [0.2, 0.25) is 0 Å². The molecule has 0 aliphatic carbocycles. The van der Waals surface area contributed by atoms with E-state index in [1.807, 2.05) is 0 Å². The molecule has 2 saturated heterocycles. The van der Waals surface area contributed by atoms with E-state index in [9.17, 15) is 8.78 Å². The van der Waals surface area contributed by atoms with Crippen molar-refractivity contribution in [1.29, 1.82) is 0 Å². The number of rotatable bonds is 2. The lowest BCUT2D eigenvalue weighted by molar-refractivity contribution is -0.286. The van der Waals surface area contributed by atoms with Crippen molar-refractivity contribution in [2.45, 2.75) is 37.6 Å². The van der Waals surface area contributed by atoms with E-state index in [0.717, 1.165) is 18.7 Å². The number of hydrogen-bond acceptors (Lipinski definition) is 4. The van der Waals surface area contributed by atoms with Gasteiger partial charge in [-0.25, -0.2) is 0 Å². The monoisotopic (exact) mass is 282 g/mol. The van der Waals surface area contributed by atoms with Crippen LogP contribution in [-0.2, 0) is 0 Å². The van der Waals surface area contributed by atoms with Crippen molar-refractivity contribution in [2.24, 2.45) is 0 Å². The second-order valence-corrected chi connectivity index (χ2v) is 5.61. The van der Waals surface area contributed by atoms with E-state index in [4.69, 9.17) is 0 Å². The van der Waals surface area contributed by atoms with E-state index in [0.29, 0.717) is 12.1 Å². The molecule has 2 atom stereocenters. The first kappa shape index (κ1) is 12.2. The summed E-state index contributed by atoms with van der Waals surface area (Å²) in [6, 6.07) is 5.84. The summed E-state index contributed by atoms with van der Waals surface area (Å²) in [6.07, 6.45) is 0.00231. The summed E-state index contributed by atoms with van der Waals surface area (Å²) in [4.78, 5) is 2.50. The van der Waals surface area contributed by atoms with Crippen molar-refractivity contribution in [1.82, 2.24) is 4.90 Å². The second kappa shape index (κ2) is 4.22. The maximum absolute atomic E-state index is 13.0. The lowest BCUT2D eigenvalue weighted by Crippen LogP contribution is -2.33. The molecule has 2 unspecified atom stereocenters. The third-order valence-electron chi connectivity index (χ3n) is 4.36. The van der Waals surface area contributed by atoms with E-state index in [2.05, 4.69) is 19.7 Å². The zero-order valence-corrected chi connectivity index (χ0v) is 10.9. The summed E-state index contributed by atoms with van der Waals surface area (Å²) in [6.45, 7) is 2.29. The zero-order chi connectivity index (χ0) is 13.7. The molecule has 1 aromatic rings. The highest BCUT2D eigenvalue weighted by Crippen LogP contribution is 2.42. The summed E-state index contributed by atoms with van der Waals surface area (Å²) >= 11 is 0. The summed E-state index contributed by atoms with van der Waals surface area (Å²) in [7, 11) is 0. The molecule has 3 aliphatic rings. The van der Waals surface area contributed by atoms with Gasteiger partial charge in [-0.2, -0.15) is 0 Å². The number of fused-ring (bicyclic) bond motifs is 2. The number of nitrogens with zero attached hydrogens (tertiary/aromatic N) is 1. The SMILES string of the molecule is FC1(F)Oc2ccc(NC3CCN4CCCC34)cc2O1. The largest absolute Gasteiger partial charge is 0.586 e. The van der Waals surface area contributed by atoms with Gasteiger partial charge in [-0.3, -0.25) is 4.90 Å². The number of nitrogens with one attached hydrogen (secondary N) is 1. The summed E-state index contributed by atoms with van der Waals surface area (Å²) < 4.78 is 34.8. The summed E-state index contributed by atoms with van der Waals surface area (Å²) in [5, 5.41) is 3.45. The minimum atomic E-state index is -3.55. The van der Waals surface area contributed by atoms with E-state index in [1.165, 1.54) is 25.5 Å². The van der Waals surface area contributed by atoms with Crippen LogP contribution < -0.4 is 14.8 Å². The van der Waals surface area contributed by atoms with E-state index in [1.54, 1.807) is 12.1 Å². The standard InChI is InChI=1S/C14H16F2N2O2/c15-14(16)19-12-4-3-9(8-13(12)20-14)17-10-5-7-18-6-1-2-11(10)18/h3-4,8,10-11,17H,1-2,5-7H2. The van der Waals surface area contributed by atoms with Gasteiger partial charge in [0.1, 0.15) is 0 Å². The molecule has 3 heterocycles. The fraction of sp³-hybridized carbons (Fsp3) is 0.571. The molecule has 1 aromatic carbocycles. The van der Waals surface area contributed by atoms with Gasteiger partial charge in [0.05, 0.1) is 0 Å². The molecule has 0 saturated carbocycles. The molecule has 0 bridgehead atoms. The molecule has 6 heteroatoms. The van der Waals surface area contributed by atoms with Gasteiger partial charge in [0, 0.05) is 30.4 Å². The molecule has 2 fully saturated rings. The third-order valence-corrected chi connectivity index (χ3v) is 4.36. The van der Waals surface area contributed by atoms with Crippen molar-refractivity contribution in [3.05, 3.63) is 18.2 Å². The number of halogens is 2. The van der Waals surface area contributed by atoms with Crippen LogP contribution in [0.5, 0.6) is 11.5 Å². The van der Waals surface area contributed by atoms with E-state index < -0.39 is 6.29 Å². The van der Waals surface area contributed by atoms with Crippen LogP contribution in [0.2, 0.25) is 0 Å². The first-order chi connectivity index (χ1) is 9.61. The first-order valence-corrected chi connectivity index (χ1v) is 7.01. The Morgan fingerprint density at radius 2 is 2.00 bits per heavy atom. The van der Waals surface area contributed by atoms with Crippen molar-refractivity contribution >= 4 is 5.69 Å². The van der Waals surface area contributed by atoms with E-state index >= 15 is 0 Å². The Morgan fingerprint density at radius 3 is 2.90 bits per heavy atom. The highest BCUT2D eigenvalue weighted by atomic mass is 19.3. The molecule has 0 amide bonds.